The van der Waals surface area contributed by atoms with E-state index in [1.54, 1.807) is 12.1 Å². The summed E-state index contributed by atoms with van der Waals surface area (Å²) in [7, 11) is 1.52. The summed E-state index contributed by atoms with van der Waals surface area (Å²) in [4.78, 5) is 14.7. The Hall–Kier alpha value is -1.17. The van der Waals surface area contributed by atoms with Crippen molar-refractivity contribution in [3.8, 4) is 5.75 Å². The molecule has 1 unspecified atom stereocenters. The van der Waals surface area contributed by atoms with Gasteiger partial charge >= 0.3 is 0 Å². The van der Waals surface area contributed by atoms with Crippen LogP contribution in [0.25, 0.3) is 0 Å². The Bertz CT molecular complexity index is 555. The Morgan fingerprint density at radius 1 is 1.38 bits per heavy atom. The summed E-state index contributed by atoms with van der Waals surface area (Å²) >= 11 is 6.07. The van der Waals surface area contributed by atoms with Gasteiger partial charge in [-0.15, -0.1) is 12.4 Å². The van der Waals surface area contributed by atoms with Gasteiger partial charge in [0.2, 0.25) is 0 Å². The summed E-state index contributed by atoms with van der Waals surface area (Å²) in [5, 5.41) is 0.369. The molecule has 1 saturated heterocycles. The van der Waals surface area contributed by atoms with E-state index in [4.69, 9.17) is 26.8 Å². The van der Waals surface area contributed by atoms with Crippen molar-refractivity contribution in [2.24, 2.45) is 0 Å². The maximum atomic E-state index is 12.8. The van der Waals surface area contributed by atoms with Crippen LogP contribution in [0.2, 0.25) is 5.02 Å². The Balaban J connectivity index is 0.00000288. The van der Waals surface area contributed by atoms with E-state index in [1.165, 1.54) is 7.11 Å². The second-order valence-corrected chi connectivity index (χ2v) is 6.20. The predicted octanol–water partition coefficient (Wildman–Crippen LogP) is 3.77. The summed E-state index contributed by atoms with van der Waals surface area (Å²) in [6.45, 7) is 4.28. The summed E-state index contributed by atoms with van der Waals surface area (Å²) in [6, 6.07) is 3.19. The van der Waals surface area contributed by atoms with Crippen molar-refractivity contribution >= 4 is 35.6 Å². The summed E-state index contributed by atoms with van der Waals surface area (Å²) < 4.78 is 11.1. The molecule has 2 rings (SSSR count). The molecule has 1 atom stereocenters. The van der Waals surface area contributed by atoms with Crippen LogP contribution in [-0.2, 0) is 4.74 Å². The molecule has 1 fully saturated rings. The van der Waals surface area contributed by atoms with E-state index in [0.717, 1.165) is 38.8 Å². The first kappa shape index (κ1) is 20.9. The lowest BCUT2D eigenvalue weighted by molar-refractivity contribution is 0.0432. The van der Waals surface area contributed by atoms with E-state index in [0.29, 0.717) is 28.6 Å². The number of amides is 1. The highest BCUT2D eigenvalue weighted by Gasteiger charge is 2.24. The van der Waals surface area contributed by atoms with Crippen LogP contribution in [0.5, 0.6) is 5.75 Å². The van der Waals surface area contributed by atoms with Gasteiger partial charge in [-0.2, -0.15) is 0 Å². The van der Waals surface area contributed by atoms with Gasteiger partial charge in [-0.25, -0.2) is 0 Å². The molecular formula is C17H26Cl2N2O3. The Kier molecular flexibility index (Phi) is 8.67. The fourth-order valence-electron chi connectivity index (χ4n) is 2.80. The average molecular weight is 377 g/mol. The van der Waals surface area contributed by atoms with Crippen molar-refractivity contribution in [3.05, 3.63) is 22.7 Å². The normalized spacial score (nSPS) is 17.8. The third-order valence-corrected chi connectivity index (χ3v) is 4.40. The smallest absolute Gasteiger partial charge is 0.257 e. The summed E-state index contributed by atoms with van der Waals surface area (Å²) in [5.74, 6) is 0.389. The minimum atomic E-state index is -0.0695. The lowest BCUT2D eigenvalue weighted by Gasteiger charge is -2.22. The van der Waals surface area contributed by atoms with Crippen LogP contribution >= 0.6 is 24.0 Å². The van der Waals surface area contributed by atoms with E-state index in [2.05, 4.69) is 6.92 Å². The van der Waals surface area contributed by atoms with Crippen LogP contribution in [0.15, 0.2) is 12.1 Å². The van der Waals surface area contributed by atoms with Gasteiger partial charge < -0.3 is 20.1 Å². The quantitative estimate of drug-likeness (QED) is 0.794. The molecule has 1 amide bonds. The number of hydrogen-bond acceptors (Lipinski definition) is 4. The summed E-state index contributed by atoms with van der Waals surface area (Å²) in [6.07, 6.45) is 4.04. The zero-order valence-electron chi connectivity index (χ0n) is 14.2. The molecule has 0 aromatic heterocycles. The number of carbonyl (C=O) groups is 1. The van der Waals surface area contributed by atoms with Gasteiger partial charge in [-0.1, -0.05) is 18.5 Å². The zero-order chi connectivity index (χ0) is 16.8. The van der Waals surface area contributed by atoms with Crippen LogP contribution in [0.4, 0.5) is 5.69 Å². The number of nitrogen functional groups attached to an aromatic ring is 1. The highest BCUT2D eigenvalue weighted by molar-refractivity contribution is 6.33. The number of anilines is 1. The number of nitrogens with two attached hydrogens (primary N) is 1. The first-order chi connectivity index (χ1) is 11.1. The van der Waals surface area contributed by atoms with Crippen LogP contribution in [0.3, 0.4) is 0 Å². The number of benzene rings is 1. The Labute approximate surface area is 154 Å². The van der Waals surface area contributed by atoms with E-state index in [9.17, 15) is 4.79 Å². The SMILES string of the molecule is CCCOC1CCCN(C(=O)c2cc(Cl)c(N)cc2OC)CC1.Cl. The molecule has 5 nitrogen and oxygen atoms in total. The van der Waals surface area contributed by atoms with Gasteiger partial charge in [0.25, 0.3) is 5.91 Å². The zero-order valence-corrected chi connectivity index (χ0v) is 15.8. The van der Waals surface area contributed by atoms with E-state index in [1.807, 2.05) is 4.90 Å². The molecule has 0 saturated carbocycles. The molecule has 0 bridgehead atoms. The third-order valence-electron chi connectivity index (χ3n) is 4.07. The molecule has 1 aromatic carbocycles. The molecule has 24 heavy (non-hydrogen) atoms. The maximum absolute atomic E-state index is 12.8. The minimum absolute atomic E-state index is 0. The predicted molar refractivity (Wildman–Crippen MR) is 99.4 cm³/mol. The topological polar surface area (TPSA) is 64.8 Å². The number of likely N-dealkylation sites (tertiary alicyclic amines) is 1. The number of methoxy groups -OCH3 is 1. The van der Waals surface area contributed by atoms with Crippen molar-refractivity contribution in [1.82, 2.24) is 4.90 Å². The van der Waals surface area contributed by atoms with Crippen LogP contribution in [-0.4, -0.2) is 43.7 Å². The number of ether oxygens (including phenoxy) is 2. The van der Waals surface area contributed by atoms with E-state index in [-0.39, 0.29) is 24.4 Å². The lowest BCUT2D eigenvalue weighted by Crippen LogP contribution is -2.32. The molecule has 2 N–H and O–H groups in total. The van der Waals surface area contributed by atoms with Crippen LogP contribution in [0.1, 0.15) is 43.0 Å². The highest BCUT2D eigenvalue weighted by atomic mass is 35.5. The molecule has 0 spiro atoms. The number of nitrogens with zero attached hydrogens (tertiary/aromatic N) is 1. The molecule has 1 aromatic rings. The fraction of sp³-hybridized carbons (Fsp3) is 0.588. The summed E-state index contributed by atoms with van der Waals surface area (Å²) in [5.41, 5.74) is 6.64. The number of hydrogen-bond donors (Lipinski definition) is 1. The van der Waals surface area contributed by atoms with E-state index >= 15 is 0 Å². The van der Waals surface area contributed by atoms with Gasteiger partial charge in [0.05, 0.1) is 29.5 Å². The fourth-order valence-corrected chi connectivity index (χ4v) is 2.96. The van der Waals surface area contributed by atoms with Crippen LogP contribution in [0, 0.1) is 0 Å². The number of halogens is 2. The largest absolute Gasteiger partial charge is 0.496 e. The van der Waals surface area contributed by atoms with Crippen molar-refractivity contribution in [2.75, 3.05) is 32.5 Å². The van der Waals surface area contributed by atoms with Crippen molar-refractivity contribution in [2.45, 2.75) is 38.7 Å². The molecule has 136 valence electrons. The molecule has 0 aliphatic carbocycles. The number of carbonyl (C=O) groups excluding carboxylic acids is 1. The molecule has 1 aliphatic heterocycles. The molecule has 1 heterocycles. The van der Waals surface area contributed by atoms with Gasteiger partial charge in [0.1, 0.15) is 5.75 Å². The second-order valence-electron chi connectivity index (χ2n) is 5.79. The third kappa shape index (κ3) is 5.16. The van der Waals surface area contributed by atoms with E-state index < -0.39 is 0 Å². The van der Waals surface area contributed by atoms with Gasteiger partial charge in [0.15, 0.2) is 0 Å². The Morgan fingerprint density at radius 2 is 2.12 bits per heavy atom. The van der Waals surface area contributed by atoms with Crippen molar-refractivity contribution < 1.29 is 14.3 Å². The second kappa shape index (κ2) is 9.97. The highest BCUT2D eigenvalue weighted by Crippen LogP contribution is 2.30. The molecule has 7 heteroatoms. The standard InChI is InChI=1S/C17H25ClN2O3.ClH/c1-3-9-23-12-5-4-7-20(8-6-12)17(21)13-10-14(18)15(19)11-16(13)22-2;/h10-12H,3-9,19H2,1-2H3;1H. The van der Waals surface area contributed by atoms with Gasteiger partial charge in [-0.3, -0.25) is 4.79 Å². The molecular weight excluding hydrogens is 351 g/mol. The van der Waals surface area contributed by atoms with Gasteiger partial charge in [0, 0.05) is 25.8 Å². The monoisotopic (exact) mass is 376 g/mol. The number of rotatable bonds is 5. The lowest BCUT2D eigenvalue weighted by atomic mass is 10.1. The van der Waals surface area contributed by atoms with Crippen molar-refractivity contribution in [1.29, 1.82) is 0 Å². The first-order valence-corrected chi connectivity index (χ1v) is 8.48. The van der Waals surface area contributed by atoms with Crippen LogP contribution < -0.4 is 10.5 Å². The van der Waals surface area contributed by atoms with Gasteiger partial charge in [-0.05, 0) is 31.7 Å². The first-order valence-electron chi connectivity index (χ1n) is 8.10. The molecule has 0 radical (unpaired) electrons. The minimum Gasteiger partial charge on any atom is -0.496 e. The molecule has 1 aliphatic rings. The average Bonchev–Trinajstić information content (AvgIpc) is 2.80. The van der Waals surface area contributed by atoms with Crippen molar-refractivity contribution in [3.63, 3.8) is 0 Å². The Morgan fingerprint density at radius 3 is 2.79 bits per heavy atom. The maximum Gasteiger partial charge on any atom is 0.257 e.